The van der Waals surface area contributed by atoms with Crippen LogP contribution in [-0.4, -0.2) is 45.3 Å². The standard InChI is InChI=1S/C15H24N2O2/c1-16-13-5-4-6-17(11-13)10-12-7-14(18-2)9-15(8-12)19-3/h7-9,13,16H,4-6,10-11H2,1-3H3. The molecule has 4 heteroatoms. The second kappa shape index (κ2) is 6.78. The van der Waals surface area contributed by atoms with Gasteiger partial charge in [0.2, 0.25) is 0 Å². The summed E-state index contributed by atoms with van der Waals surface area (Å²) < 4.78 is 10.6. The highest BCUT2D eigenvalue weighted by atomic mass is 16.5. The number of piperidine rings is 1. The van der Waals surface area contributed by atoms with E-state index >= 15 is 0 Å². The Hall–Kier alpha value is -1.26. The third-order valence-corrected chi connectivity index (χ3v) is 3.73. The Balaban J connectivity index is 2.05. The van der Waals surface area contributed by atoms with Crippen LogP contribution in [0.1, 0.15) is 18.4 Å². The van der Waals surface area contributed by atoms with E-state index < -0.39 is 0 Å². The Morgan fingerprint density at radius 2 is 1.89 bits per heavy atom. The van der Waals surface area contributed by atoms with Gasteiger partial charge in [-0.3, -0.25) is 4.90 Å². The van der Waals surface area contributed by atoms with Crippen LogP contribution in [0.5, 0.6) is 11.5 Å². The predicted molar refractivity (Wildman–Crippen MR) is 76.9 cm³/mol. The first kappa shape index (κ1) is 14.2. The minimum atomic E-state index is 0.612. The largest absolute Gasteiger partial charge is 0.497 e. The number of nitrogens with zero attached hydrogens (tertiary/aromatic N) is 1. The molecule has 1 aromatic carbocycles. The summed E-state index contributed by atoms with van der Waals surface area (Å²) in [6.45, 7) is 3.22. The van der Waals surface area contributed by atoms with Gasteiger partial charge in [-0.1, -0.05) is 0 Å². The van der Waals surface area contributed by atoms with E-state index in [-0.39, 0.29) is 0 Å². The first-order chi connectivity index (χ1) is 9.25. The van der Waals surface area contributed by atoms with Gasteiger partial charge in [-0.2, -0.15) is 0 Å². The second-order valence-electron chi connectivity index (χ2n) is 5.08. The van der Waals surface area contributed by atoms with E-state index in [2.05, 4.69) is 22.3 Å². The fraction of sp³-hybridized carbons (Fsp3) is 0.600. The van der Waals surface area contributed by atoms with Crippen LogP contribution in [0.2, 0.25) is 0 Å². The maximum atomic E-state index is 5.32. The van der Waals surface area contributed by atoms with Crippen molar-refractivity contribution in [2.45, 2.75) is 25.4 Å². The number of ether oxygens (including phenoxy) is 2. The smallest absolute Gasteiger partial charge is 0.122 e. The topological polar surface area (TPSA) is 33.7 Å². The van der Waals surface area contributed by atoms with Gasteiger partial charge in [-0.25, -0.2) is 0 Å². The lowest BCUT2D eigenvalue weighted by molar-refractivity contribution is 0.187. The van der Waals surface area contributed by atoms with Crippen molar-refractivity contribution in [3.05, 3.63) is 23.8 Å². The van der Waals surface area contributed by atoms with E-state index in [0.717, 1.165) is 31.1 Å². The number of likely N-dealkylation sites (tertiary alicyclic amines) is 1. The van der Waals surface area contributed by atoms with E-state index in [1.165, 1.54) is 18.4 Å². The third kappa shape index (κ3) is 3.85. The molecule has 0 spiro atoms. The summed E-state index contributed by atoms with van der Waals surface area (Å²) in [6, 6.07) is 6.70. The molecule has 2 rings (SSSR count). The molecule has 1 aromatic rings. The number of nitrogens with one attached hydrogen (secondary N) is 1. The van der Waals surface area contributed by atoms with Crippen molar-refractivity contribution in [1.82, 2.24) is 10.2 Å². The summed E-state index contributed by atoms with van der Waals surface area (Å²) in [6.07, 6.45) is 2.53. The monoisotopic (exact) mass is 264 g/mol. The zero-order valence-electron chi connectivity index (χ0n) is 12.1. The number of hydrogen-bond donors (Lipinski definition) is 1. The lowest BCUT2D eigenvalue weighted by Crippen LogP contribution is -2.43. The van der Waals surface area contributed by atoms with Crippen molar-refractivity contribution in [2.75, 3.05) is 34.4 Å². The zero-order chi connectivity index (χ0) is 13.7. The molecule has 0 radical (unpaired) electrons. The van der Waals surface area contributed by atoms with E-state index in [4.69, 9.17) is 9.47 Å². The van der Waals surface area contributed by atoms with Gasteiger partial charge in [0.05, 0.1) is 14.2 Å². The number of benzene rings is 1. The Bertz CT molecular complexity index is 387. The van der Waals surface area contributed by atoms with Gasteiger partial charge in [0.15, 0.2) is 0 Å². The molecule has 0 bridgehead atoms. The van der Waals surface area contributed by atoms with Crippen LogP contribution in [0.15, 0.2) is 18.2 Å². The number of rotatable bonds is 5. The van der Waals surface area contributed by atoms with E-state index in [0.29, 0.717) is 6.04 Å². The fourth-order valence-corrected chi connectivity index (χ4v) is 2.65. The van der Waals surface area contributed by atoms with Crippen molar-refractivity contribution in [1.29, 1.82) is 0 Å². The SMILES string of the molecule is CNC1CCCN(Cc2cc(OC)cc(OC)c2)C1. The summed E-state index contributed by atoms with van der Waals surface area (Å²) in [7, 11) is 5.43. The molecule has 19 heavy (non-hydrogen) atoms. The van der Waals surface area contributed by atoms with Crippen LogP contribution in [0.25, 0.3) is 0 Å². The number of hydrogen-bond acceptors (Lipinski definition) is 4. The molecule has 1 fully saturated rings. The van der Waals surface area contributed by atoms with E-state index in [9.17, 15) is 0 Å². The van der Waals surface area contributed by atoms with E-state index in [1.54, 1.807) is 14.2 Å². The van der Waals surface area contributed by atoms with Crippen molar-refractivity contribution in [3.63, 3.8) is 0 Å². The van der Waals surface area contributed by atoms with Gasteiger partial charge in [-0.05, 0) is 44.1 Å². The minimum Gasteiger partial charge on any atom is -0.497 e. The lowest BCUT2D eigenvalue weighted by Gasteiger charge is -2.32. The molecule has 1 aliphatic heterocycles. The Morgan fingerprint density at radius 3 is 2.47 bits per heavy atom. The third-order valence-electron chi connectivity index (χ3n) is 3.73. The van der Waals surface area contributed by atoms with Gasteiger partial charge in [0.1, 0.15) is 11.5 Å². The van der Waals surface area contributed by atoms with Crippen molar-refractivity contribution in [2.24, 2.45) is 0 Å². The number of likely N-dealkylation sites (N-methyl/N-ethyl adjacent to an activating group) is 1. The number of methoxy groups -OCH3 is 2. The summed E-state index contributed by atoms with van der Waals surface area (Å²) in [5.41, 5.74) is 1.24. The Kier molecular flexibility index (Phi) is 5.05. The maximum absolute atomic E-state index is 5.32. The summed E-state index contributed by atoms with van der Waals surface area (Å²) in [4.78, 5) is 2.48. The first-order valence-corrected chi connectivity index (χ1v) is 6.86. The molecule has 0 aromatic heterocycles. The van der Waals surface area contributed by atoms with Crippen LogP contribution >= 0.6 is 0 Å². The van der Waals surface area contributed by atoms with Crippen LogP contribution < -0.4 is 14.8 Å². The van der Waals surface area contributed by atoms with Gasteiger partial charge in [0, 0.05) is 25.2 Å². The molecule has 1 saturated heterocycles. The highest BCUT2D eigenvalue weighted by molar-refractivity contribution is 5.38. The molecular weight excluding hydrogens is 240 g/mol. The molecule has 1 unspecified atom stereocenters. The van der Waals surface area contributed by atoms with Gasteiger partial charge >= 0.3 is 0 Å². The molecule has 1 heterocycles. The molecule has 1 N–H and O–H groups in total. The van der Waals surface area contributed by atoms with Crippen LogP contribution in [0.4, 0.5) is 0 Å². The molecule has 0 aliphatic carbocycles. The zero-order valence-corrected chi connectivity index (χ0v) is 12.1. The normalized spacial score (nSPS) is 20.3. The van der Waals surface area contributed by atoms with Crippen LogP contribution in [-0.2, 0) is 6.54 Å². The van der Waals surface area contributed by atoms with Crippen molar-refractivity contribution >= 4 is 0 Å². The van der Waals surface area contributed by atoms with Crippen molar-refractivity contribution in [3.8, 4) is 11.5 Å². The molecule has 4 nitrogen and oxygen atoms in total. The van der Waals surface area contributed by atoms with Gasteiger partial charge < -0.3 is 14.8 Å². The Labute approximate surface area is 115 Å². The van der Waals surface area contributed by atoms with E-state index in [1.807, 2.05) is 13.1 Å². The molecule has 0 saturated carbocycles. The van der Waals surface area contributed by atoms with Gasteiger partial charge in [-0.15, -0.1) is 0 Å². The average molecular weight is 264 g/mol. The molecule has 1 aliphatic rings. The lowest BCUT2D eigenvalue weighted by atomic mass is 10.0. The van der Waals surface area contributed by atoms with Crippen LogP contribution in [0, 0.1) is 0 Å². The van der Waals surface area contributed by atoms with Gasteiger partial charge in [0.25, 0.3) is 0 Å². The quantitative estimate of drug-likeness (QED) is 0.880. The predicted octanol–water partition coefficient (Wildman–Crippen LogP) is 1.89. The molecule has 1 atom stereocenters. The highest BCUT2D eigenvalue weighted by Crippen LogP contribution is 2.24. The van der Waals surface area contributed by atoms with Crippen LogP contribution in [0.3, 0.4) is 0 Å². The molecule has 106 valence electrons. The second-order valence-corrected chi connectivity index (χ2v) is 5.08. The van der Waals surface area contributed by atoms with Crippen molar-refractivity contribution < 1.29 is 9.47 Å². The summed E-state index contributed by atoms with van der Waals surface area (Å²) >= 11 is 0. The molecule has 0 amide bonds. The highest BCUT2D eigenvalue weighted by Gasteiger charge is 2.18. The maximum Gasteiger partial charge on any atom is 0.122 e. The molecular formula is C15H24N2O2. The summed E-state index contributed by atoms with van der Waals surface area (Å²) in [5, 5.41) is 3.37. The minimum absolute atomic E-state index is 0.612. The average Bonchev–Trinajstić information content (AvgIpc) is 2.47. The first-order valence-electron chi connectivity index (χ1n) is 6.86. The summed E-state index contributed by atoms with van der Waals surface area (Å²) in [5.74, 6) is 1.72. The Morgan fingerprint density at radius 1 is 1.21 bits per heavy atom. The fourth-order valence-electron chi connectivity index (χ4n) is 2.65.